The molecule has 0 spiro atoms. The summed E-state index contributed by atoms with van der Waals surface area (Å²) in [6, 6.07) is 9.67. The van der Waals surface area contributed by atoms with Crippen LogP contribution in [0.1, 0.15) is 11.1 Å². The van der Waals surface area contributed by atoms with Gasteiger partial charge in [-0.15, -0.1) is 0 Å². The van der Waals surface area contributed by atoms with Crippen molar-refractivity contribution < 1.29 is 14.3 Å². The van der Waals surface area contributed by atoms with Crippen LogP contribution >= 0.6 is 0 Å². The number of hydrogen-bond acceptors (Lipinski definition) is 4. The second-order valence-electron chi connectivity index (χ2n) is 4.54. The summed E-state index contributed by atoms with van der Waals surface area (Å²) < 4.78 is 10.5. The van der Waals surface area contributed by atoms with Crippen LogP contribution < -0.4 is 10.1 Å². The summed E-state index contributed by atoms with van der Waals surface area (Å²) in [6.07, 6.45) is 2.78. The van der Waals surface area contributed by atoms with E-state index in [1.54, 1.807) is 12.5 Å². The first-order valence-corrected chi connectivity index (χ1v) is 6.33. The average molecular weight is 261 g/mol. The van der Waals surface area contributed by atoms with Crippen molar-refractivity contribution in [3.8, 4) is 5.75 Å². The Bertz CT molecular complexity index is 465. The molecule has 1 aromatic carbocycles. The van der Waals surface area contributed by atoms with Crippen LogP contribution in [0.3, 0.4) is 0 Å². The molecule has 2 rings (SSSR count). The molecule has 0 saturated carbocycles. The summed E-state index contributed by atoms with van der Waals surface area (Å²) in [5.41, 5.74) is 2.25. The van der Waals surface area contributed by atoms with E-state index in [4.69, 9.17) is 9.15 Å². The van der Waals surface area contributed by atoms with Gasteiger partial charge in [-0.1, -0.05) is 17.7 Å². The highest BCUT2D eigenvalue weighted by molar-refractivity contribution is 5.26. The van der Waals surface area contributed by atoms with Gasteiger partial charge in [0.25, 0.3) is 0 Å². The Balaban J connectivity index is 1.64. The lowest BCUT2D eigenvalue weighted by Gasteiger charge is -2.13. The lowest BCUT2D eigenvalue weighted by atomic mass is 10.2. The molecule has 1 aromatic heterocycles. The maximum atomic E-state index is 9.78. The minimum atomic E-state index is -0.534. The summed E-state index contributed by atoms with van der Waals surface area (Å²) >= 11 is 0. The highest BCUT2D eigenvalue weighted by atomic mass is 16.5. The molecule has 4 heteroatoms. The van der Waals surface area contributed by atoms with Crippen LogP contribution in [0.15, 0.2) is 47.3 Å². The molecule has 1 unspecified atom stereocenters. The zero-order chi connectivity index (χ0) is 13.5. The fourth-order valence-electron chi connectivity index (χ4n) is 1.66. The lowest BCUT2D eigenvalue weighted by Crippen LogP contribution is -2.31. The Labute approximate surface area is 113 Å². The Morgan fingerprint density at radius 2 is 2.05 bits per heavy atom. The first-order chi connectivity index (χ1) is 9.24. The van der Waals surface area contributed by atoms with Crippen LogP contribution in [0.4, 0.5) is 0 Å². The summed E-state index contributed by atoms with van der Waals surface area (Å²) in [7, 11) is 0. The first-order valence-electron chi connectivity index (χ1n) is 6.33. The summed E-state index contributed by atoms with van der Waals surface area (Å²) in [5, 5.41) is 12.9. The molecular formula is C15H19NO3. The largest absolute Gasteiger partial charge is 0.491 e. The number of aliphatic hydroxyl groups is 1. The van der Waals surface area contributed by atoms with E-state index in [9.17, 15) is 5.11 Å². The van der Waals surface area contributed by atoms with E-state index >= 15 is 0 Å². The number of hydrogen-bond donors (Lipinski definition) is 2. The standard InChI is InChI=1S/C15H19NO3/c1-12-2-4-15(5-3-12)19-11-14(17)9-16-8-13-6-7-18-10-13/h2-7,10,14,16-17H,8-9,11H2,1H3. The van der Waals surface area contributed by atoms with Gasteiger partial charge in [-0.3, -0.25) is 0 Å². The first kappa shape index (κ1) is 13.6. The van der Waals surface area contributed by atoms with Gasteiger partial charge in [0.05, 0.1) is 12.5 Å². The average Bonchev–Trinajstić information content (AvgIpc) is 2.91. The highest BCUT2D eigenvalue weighted by Gasteiger charge is 2.05. The van der Waals surface area contributed by atoms with Crippen molar-refractivity contribution in [2.75, 3.05) is 13.2 Å². The molecule has 1 heterocycles. The van der Waals surface area contributed by atoms with Crippen molar-refractivity contribution in [1.29, 1.82) is 0 Å². The van der Waals surface area contributed by atoms with Gasteiger partial charge in [-0.05, 0) is 25.1 Å². The van der Waals surface area contributed by atoms with Crippen molar-refractivity contribution >= 4 is 0 Å². The number of furan rings is 1. The van der Waals surface area contributed by atoms with Gasteiger partial charge in [0.15, 0.2) is 0 Å². The topological polar surface area (TPSA) is 54.6 Å². The van der Waals surface area contributed by atoms with E-state index in [1.165, 1.54) is 5.56 Å². The number of rotatable bonds is 7. The molecule has 2 aromatic rings. The van der Waals surface area contributed by atoms with Gasteiger partial charge in [-0.25, -0.2) is 0 Å². The quantitative estimate of drug-likeness (QED) is 0.801. The zero-order valence-corrected chi connectivity index (χ0v) is 11.0. The number of aliphatic hydroxyl groups excluding tert-OH is 1. The van der Waals surface area contributed by atoms with E-state index in [1.807, 2.05) is 37.3 Å². The van der Waals surface area contributed by atoms with Gasteiger partial charge < -0.3 is 19.6 Å². The Morgan fingerprint density at radius 1 is 1.26 bits per heavy atom. The number of benzene rings is 1. The van der Waals surface area contributed by atoms with Crippen LogP contribution in [-0.4, -0.2) is 24.4 Å². The molecular weight excluding hydrogens is 242 g/mol. The van der Waals surface area contributed by atoms with Crippen LogP contribution in [0.5, 0.6) is 5.75 Å². The Hall–Kier alpha value is -1.78. The van der Waals surface area contributed by atoms with Gasteiger partial charge in [0.2, 0.25) is 0 Å². The number of nitrogens with one attached hydrogen (secondary N) is 1. The minimum Gasteiger partial charge on any atom is -0.491 e. The Kier molecular flexibility index (Phi) is 5.01. The highest BCUT2D eigenvalue weighted by Crippen LogP contribution is 2.11. The van der Waals surface area contributed by atoms with Gasteiger partial charge in [-0.2, -0.15) is 0 Å². The smallest absolute Gasteiger partial charge is 0.119 e. The van der Waals surface area contributed by atoms with Crippen LogP contribution in [-0.2, 0) is 6.54 Å². The van der Waals surface area contributed by atoms with Gasteiger partial charge in [0, 0.05) is 18.7 Å². The molecule has 0 bridgehead atoms. The van der Waals surface area contributed by atoms with Crippen molar-refractivity contribution in [3.05, 3.63) is 54.0 Å². The normalized spacial score (nSPS) is 12.3. The van der Waals surface area contributed by atoms with E-state index in [-0.39, 0.29) is 6.61 Å². The summed E-state index contributed by atoms with van der Waals surface area (Å²) in [5.74, 6) is 0.777. The third kappa shape index (κ3) is 4.77. The number of ether oxygens (including phenoxy) is 1. The molecule has 1 atom stereocenters. The maximum Gasteiger partial charge on any atom is 0.119 e. The molecule has 0 aliphatic heterocycles. The Morgan fingerprint density at radius 3 is 2.74 bits per heavy atom. The molecule has 0 aliphatic carbocycles. The van der Waals surface area contributed by atoms with E-state index in [2.05, 4.69) is 5.32 Å². The van der Waals surface area contributed by atoms with E-state index in [0.717, 1.165) is 11.3 Å². The van der Waals surface area contributed by atoms with Crippen molar-refractivity contribution in [1.82, 2.24) is 5.32 Å². The maximum absolute atomic E-state index is 9.78. The second-order valence-corrected chi connectivity index (χ2v) is 4.54. The predicted molar refractivity (Wildman–Crippen MR) is 73.1 cm³/mol. The van der Waals surface area contributed by atoms with Crippen LogP contribution in [0.25, 0.3) is 0 Å². The monoisotopic (exact) mass is 261 g/mol. The third-order valence-electron chi connectivity index (χ3n) is 2.75. The number of aryl methyl sites for hydroxylation is 1. The molecule has 102 valence electrons. The van der Waals surface area contributed by atoms with E-state index in [0.29, 0.717) is 13.1 Å². The lowest BCUT2D eigenvalue weighted by molar-refractivity contribution is 0.106. The van der Waals surface area contributed by atoms with Gasteiger partial charge >= 0.3 is 0 Å². The molecule has 0 fully saturated rings. The fraction of sp³-hybridized carbons (Fsp3) is 0.333. The minimum absolute atomic E-state index is 0.279. The molecule has 4 nitrogen and oxygen atoms in total. The summed E-state index contributed by atoms with van der Waals surface area (Å²) in [4.78, 5) is 0. The summed E-state index contributed by atoms with van der Waals surface area (Å²) in [6.45, 7) is 3.47. The molecule has 2 N–H and O–H groups in total. The van der Waals surface area contributed by atoms with Gasteiger partial charge in [0.1, 0.15) is 18.5 Å². The molecule has 0 saturated heterocycles. The second kappa shape index (κ2) is 6.97. The fourth-order valence-corrected chi connectivity index (χ4v) is 1.66. The SMILES string of the molecule is Cc1ccc(OCC(O)CNCc2ccoc2)cc1. The predicted octanol–water partition coefficient (Wildman–Crippen LogP) is 2.12. The van der Waals surface area contributed by atoms with E-state index < -0.39 is 6.10 Å². The van der Waals surface area contributed by atoms with Crippen molar-refractivity contribution in [3.63, 3.8) is 0 Å². The zero-order valence-electron chi connectivity index (χ0n) is 11.0. The third-order valence-corrected chi connectivity index (χ3v) is 2.75. The van der Waals surface area contributed by atoms with Crippen molar-refractivity contribution in [2.24, 2.45) is 0 Å². The molecule has 0 radical (unpaired) electrons. The molecule has 19 heavy (non-hydrogen) atoms. The van der Waals surface area contributed by atoms with Crippen LogP contribution in [0.2, 0.25) is 0 Å². The van der Waals surface area contributed by atoms with Crippen molar-refractivity contribution in [2.45, 2.75) is 19.6 Å². The van der Waals surface area contributed by atoms with Crippen LogP contribution in [0, 0.1) is 6.92 Å². The molecule has 0 amide bonds. The molecule has 0 aliphatic rings.